The van der Waals surface area contributed by atoms with Gasteiger partial charge in [0.05, 0.1) is 37.0 Å². The third-order valence-corrected chi connectivity index (χ3v) is 4.42. The van der Waals surface area contributed by atoms with Crippen LogP contribution in [0.15, 0.2) is 46.4 Å². The van der Waals surface area contributed by atoms with Crippen molar-refractivity contribution in [1.82, 2.24) is 9.88 Å². The van der Waals surface area contributed by atoms with E-state index in [9.17, 15) is 9.59 Å². The second-order valence-electron chi connectivity index (χ2n) is 5.37. The van der Waals surface area contributed by atoms with Gasteiger partial charge in [-0.15, -0.1) is 11.3 Å². The molecule has 2 N–H and O–H groups in total. The molecule has 25 heavy (non-hydrogen) atoms. The van der Waals surface area contributed by atoms with Crippen molar-refractivity contribution in [3.63, 3.8) is 0 Å². The molecule has 0 bridgehead atoms. The van der Waals surface area contributed by atoms with Gasteiger partial charge in [0.25, 0.3) is 5.91 Å². The number of β-amino-alcohol motifs (C(OH)–C–C–N with tert-alkyl or cyclic N) is 1. The summed E-state index contributed by atoms with van der Waals surface area (Å²) in [6.07, 6.45) is 0. The molecule has 0 radical (unpaired) electrons. The lowest BCUT2D eigenvalue weighted by atomic mass is 10.1. The highest BCUT2D eigenvalue weighted by atomic mass is 32.1. The minimum Gasteiger partial charge on any atom is -0.466 e. The van der Waals surface area contributed by atoms with E-state index in [1.165, 1.54) is 23.3 Å². The molecular weight excluding hydrogens is 342 g/mol. The summed E-state index contributed by atoms with van der Waals surface area (Å²) in [5, 5.41) is 14.0. The predicted octanol–water partition coefficient (Wildman–Crippen LogP) is 1.48. The maximum Gasteiger partial charge on any atom is 0.337 e. The molecule has 1 aliphatic rings. The second kappa shape index (κ2) is 7.45. The Morgan fingerprint density at radius 2 is 2.16 bits per heavy atom. The molecule has 1 amide bonds. The van der Waals surface area contributed by atoms with Crippen LogP contribution in [-0.4, -0.2) is 53.7 Å². The zero-order valence-electron chi connectivity index (χ0n) is 13.6. The van der Waals surface area contributed by atoms with Crippen molar-refractivity contribution in [3.05, 3.63) is 46.4 Å². The van der Waals surface area contributed by atoms with Crippen LogP contribution in [0.4, 0.5) is 5.69 Å². The lowest BCUT2D eigenvalue weighted by Crippen LogP contribution is -2.31. The summed E-state index contributed by atoms with van der Waals surface area (Å²) in [7, 11) is 1.27. The number of amides is 1. The molecule has 3 rings (SSSR count). The van der Waals surface area contributed by atoms with Crippen LogP contribution < -0.4 is 5.32 Å². The van der Waals surface area contributed by atoms with Gasteiger partial charge >= 0.3 is 5.97 Å². The first-order chi connectivity index (χ1) is 12.1. The fourth-order valence-corrected chi connectivity index (χ4v) is 3.13. The number of ether oxygens (including phenoxy) is 1. The summed E-state index contributed by atoms with van der Waals surface area (Å²) in [5.41, 5.74) is 4.73. The molecule has 0 fully saturated rings. The fraction of sp³-hybridized carbons (Fsp3) is 0.235. The summed E-state index contributed by atoms with van der Waals surface area (Å²) >= 11 is 1.52. The SMILES string of the molecule is COC(=O)C1=C(Nc2ccc(-c3cscn3)cc2)C(=O)N(CCO)C1. The van der Waals surface area contributed by atoms with Crippen molar-refractivity contribution in [3.8, 4) is 11.3 Å². The summed E-state index contributed by atoms with van der Waals surface area (Å²) in [6, 6.07) is 7.42. The van der Waals surface area contributed by atoms with Gasteiger partial charge in [-0.3, -0.25) is 4.79 Å². The summed E-state index contributed by atoms with van der Waals surface area (Å²) in [6.45, 7) is 0.106. The first-order valence-corrected chi connectivity index (χ1v) is 8.55. The summed E-state index contributed by atoms with van der Waals surface area (Å²) in [4.78, 5) is 30.1. The van der Waals surface area contributed by atoms with E-state index in [1.807, 2.05) is 29.6 Å². The Kier molecular flexibility index (Phi) is 5.11. The van der Waals surface area contributed by atoms with Crippen LogP contribution in [0, 0.1) is 0 Å². The third-order valence-electron chi connectivity index (χ3n) is 3.84. The second-order valence-corrected chi connectivity index (χ2v) is 6.09. The average molecular weight is 359 g/mol. The molecular formula is C17H17N3O4S. The molecule has 2 heterocycles. The predicted molar refractivity (Wildman–Crippen MR) is 93.9 cm³/mol. The molecule has 1 aromatic carbocycles. The zero-order valence-corrected chi connectivity index (χ0v) is 14.4. The topological polar surface area (TPSA) is 91.8 Å². The van der Waals surface area contributed by atoms with Gasteiger partial charge in [0.2, 0.25) is 0 Å². The standard InChI is InChI=1S/C17H17N3O4S/c1-24-17(23)13-8-20(6-7-21)16(22)15(13)19-12-4-2-11(3-5-12)14-9-25-10-18-14/h2-5,9-10,19,21H,6-8H2,1H3. The van der Waals surface area contributed by atoms with Crippen molar-refractivity contribution in [2.24, 2.45) is 0 Å². The number of aromatic nitrogens is 1. The van der Waals surface area contributed by atoms with E-state index in [1.54, 1.807) is 5.51 Å². The van der Waals surface area contributed by atoms with Crippen LogP contribution in [0.25, 0.3) is 11.3 Å². The Balaban J connectivity index is 1.83. The van der Waals surface area contributed by atoms with Crippen LogP contribution in [0.3, 0.4) is 0 Å². The van der Waals surface area contributed by atoms with Gasteiger partial charge in [-0.1, -0.05) is 12.1 Å². The fourth-order valence-electron chi connectivity index (χ4n) is 2.57. The van der Waals surface area contributed by atoms with Crippen molar-refractivity contribution in [2.45, 2.75) is 0 Å². The van der Waals surface area contributed by atoms with E-state index < -0.39 is 5.97 Å². The smallest absolute Gasteiger partial charge is 0.337 e. The highest BCUT2D eigenvalue weighted by Crippen LogP contribution is 2.25. The van der Waals surface area contributed by atoms with E-state index >= 15 is 0 Å². The lowest BCUT2D eigenvalue weighted by molar-refractivity contribution is -0.136. The number of aliphatic hydroxyl groups excluding tert-OH is 1. The van der Waals surface area contributed by atoms with E-state index in [-0.39, 0.29) is 36.9 Å². The molecule has 0 spiro atoms. The number of hydrogen-bond donors (Lipinski definition) is 2. The highest BCUT2D eigenvalue weighted by Gasteiger charge is 2.34. The molecule has 1 aromatic heterocycles. The monoisotopic (exact) mass is 359 g/mol. The number of nitrogens with zero attached hydrogens (tertiary/aromatic N) is 2. The van der Waals surface area contributed by atoms with E-state index in [2.05, 4.69) is 10.3 Å². The van der Waals surface area contributed by atoms with Crippen LogP contribution in [0.5, 0.6) is 0 Å². The Hall–Kier alpha value is -2.71. The average Bonchev–Trinajstić information content (AvgIpc) is 3.26. The number of carbonyl (C=O) groups is 2. The van der Waals surface area contributed by atoms with E-state index in [4.69, 9.17) is 9.84 Å². The number of carbonyl (C=O) groups excluding carboxylic acids is 2. The molecule has 7 nitrogen and oxygen atoms in total. The van der Waals surface area contributed by atoms with Gasteiger partial charge in [-0.2, -0.15) is 0 Å². The number of aliphatic hydroxyl groups is 1. The first kappa shape index (κ1) is 17.1. The number of thiazole rings is 1. The molecule has 130 valence electrons. The maximum absolute atomic E-state index is 12.5. The van der Waals surface area contributed by atoms with Gasteiger partial charge < -0.3 is 20.1 Å². The van der Waals surface area contributed by atoms with Gasteiger partial charge in [0, 0.05) is 23.2 Å². The van der Waals surface area contributed by atoms with Gasteiger partial charge in [0.1, 0.15) is 5.70 Å². The van der Waals surface area contributed by atoms with Crippen LogP contribution in [-0.2, 0) is 14.3 Å². The molecule has 1 aliphatic heterocycles. The number of anilines is 1. The van der Waals surface area contributed by atoms with Crippen LogP contribution in [0.1, 0.15) is 0 Å². The molecule has 0 unspecified atom stereocenters. The largest absolute Gasteiger partial charge is 0.466 e. The molecule has 0 saturated heterocycles. The number of benzene rings is 1. The molecule has 0 atom stereocenters. The normalized spacial score (nSPS) is 14.2. The number of nitrogens with one attached hydrogen (secondary N) is 1. The number of methoxy groups -OCH3 is 1. The quantitative estimate of drug-likeness (QED) is 0.759. The Labute approximate surface area is 148 Å². The van der Waals surface area contributed by atoms with Gasteiger partial charge in [-0.25, -0.2) is 9.78 Å². The molecule has 8 heteroatoms. The number of rotatable bonds is 6. The highest BCUT2D eigenvalue weighted by molar-refractivity contribution is 7.07. The Morgan fingerprint density at radius 3 is 2.76 bits per heavy atom. The maximum atomic E-state index is 12.5. The number of hydrogen-bond acceptors (Lipinski definition) is 7. The third kappa shape index (κ3) is 3.54. The van der Waals surface area contributed by atoms with E-state index in [0.717, 1.165) is 11.3 Å². The van der Waals surface area contributed by atoms with Crippen LogP contribution in [0.2, 0.25) is 0 Å². The van der Waals surface area contributed by atoms with Crippen LogP contribution >= 0.6 is 11.3 Å². The Morgan fingerprint density at radius 1 is 1.40 bits per heavy atom. The summed E-state index contributed by atoms with van der Waals surface area (Å²) < 4.78 is 4.76. The van der Waals surface area contributed by atoms with Crippen molar-refractivity contribution in [2.75, 3.05) is 32.1 Å². The molecule has 2 aromatic rings. The summed E-state index contributed by atoms with van der Waals surface area (Å²) in [5.74, 6) is -0.895. The molecule has 0 aliphatic carbocycles. The minimum absolute atomic E-state index is 0.116. The minimum atomic E-state index is -0.560. The van der Waals surface area contributed by atoms with Gasteiger partial charge in [0.15, 0.2) is 0 Å². The molecule has 0 saturated carbocycles. The van der Waals surface area contributed by atoms with E-state index in [0.29, 0.717) is 5.69 Å². The van der Waals surface area contributed by atoms with Crippen molar-refractivity contribution in [1.29, 1.82) is 0 Å². The van der Waals surface area contributed by atoms with Crippen molar-refractivity contribution >= 4 is 28.9 Å². The lowest BCUT2D eigenvalue weighted by Gasteiger charge is -2.15. The van der Waals surface area contributed by atoms with Gasteiger partial charge in [-0.05, 0) is 12.1 Å². The first-order valence-electron chi connectivity index (χ1n) is 7.61. The zero-order chi connectivity index (χ0) is 17.8. The van der Waals surface area contributed by atoms with Crippen molar-refractivity contribution < 1.29 is 19.4 Å². The Bertz CT molecular complexity index is 800. The number of esters is 1.